The van der Waals surface area contributed by atoms with Crippen molar-refractivity contribution < 1.29 is 0 Å². The fraction of sp³-hybridized carbons (Fsp3) is 0.706. The third-order valence-corrected chi connectivity index (χ3v) is 3.88. The lowest BCUT2D eigenvalue weighted by atomic mass is 10.0. The smallest absolute Gasteiger partial charge is 0.191 e. The van der Waals surface area contributed by atoms with E-state index in [1.807, 2.05) is 11.9 Å². The summed E-state index contributed by atoms with van der Waals surface area (Å²) in [5, 5.41) is 0. The maximum atomic E-state index is 5.83. The summed E-state index contributed by atoms with van der Waals surface area (Å²) >= 11 is 0. The molecular formula is C17H33N3. The molecule has 0 fully saturated rings. The van der Waals surface area contributed by atoms with E-state index < -0.39 is 0 Å². The second kappa shape index (κ2) is 10.5. The van der Waals surface area contributed by atoms with Crippen LogP contribution in [-0.2, 0) is 0 Å². The highest BCUT2D eigenvalue weighted by Crippen LogP contribution is 2.17. The largest absolute Gasteiger partial charge is 0.370 e. The Kier molecular flexibility index (Phi) is 9.87. The molecule has 20 heavy (non-hydrogen) atoms. The topological polar surface area (TPSA) is 41.6 Å². The van der Waals surface area contributed by atoms with Gasteiger partial charge in [-0.05, 0) is 39.5 Å². The van der Waals surface area contributed by atoms with Gasteiger partial charge in [0.2, 0.25) is 0 Å². The number of nitrogens with zero attached hydrogens (tertiary/aromatic N) is 2. The van der Waals surface area contributed by atoms with Crippen LogP contribution in [0, 0.1) is 0 Å². The monoisotopic (exact) mass is 279 g/mol. The SMILES string of the molecule is C=C(CCCC(C)=CCCCC)C(C)N(C)C(N)=NC. The normalized spacial score (nSPS) is 14.2. The van der Waals surface area contributed by atoms with Gasteiger partial charge in [-0.1, -0.05) is 43.6 Å². The Morgan fingerprint density at radius 2 is 2.00 bits per heavy atom. The number of nitrogens with two attached hydrogens (primary N) is 1. The third-order valence-electron chi connectivity index (χ3n) is 3.88. The van der Waals surface area contributed by atoms with Crippen LogP contribution >= 0.6 is 0 Å². The van der Waals surface area contributed by atoms with E-state index in [-0.39, 0.29) is 6.04 Å². The molecule has 0 bridgehead atoms. The van der Waals surface area contributed by atoms with E-state index in [1.54, 1.807) is 7.05 Å². The van der Waals surface area contributed by atoms with Gasteiger partial charge in [-0.15, -0.1) is 0 Å². The highest BCUT2D eigenvalue weighted by Gasteiger charge is 2.13. The zero-order valence-electron chi connectivity index (χ0n) is 14.1. The molecule has 1 unspecified atom stereocenters. The van der Waals surface area contributed by atoms with Crippen LogP contribution in [0.25, 0.3) is 0 Å². The van der Waals surface area contributed by atoms with Crippen LogP contribution in [0.1, 0.15) is 59.3 Å². The quantitative estimate of drug-likeness (QED) is 0.298. The molecule has 1 atom stereocenters. The summed E-state index contributed by atoms with van der Waals surface area (Å²) < 4.78 is 0. The van der Waals surface area contributed by atoms with Crippen molar-refractivity contribution in [2.75, 3.05) is 14.1 Å². The molecule has 0 saturated heterocycles. The van der Waals surface area contributed by atoms with Crippen LogP contribution in [-0.4, -0.2) is 31.0 Å². The van der Waals surface area contributed by atoms with E-state index in [0.29, 0.717) is 5.96 Å². The Morgan fingerprint density at radius 1 is 1.35 bits per heavy atom. The lowest BCUT2D eigenvalue weighted by Gasteiger charge is -2.27. The van der Waals surface area contributed by atoms with Gasteiger partial charge < -0.3 is 10.6 Å². The Bertz CT molecular complexity index is 342. The molecule has 0 aliphatic rings. The number of unbranched alkanes of at least 4 members (excludes halogenated alkanes) is 2. The zero-order chi connectivity index (χ0) is 15.5. The van der Waals surface area contributed by atoms with Gasteiger partial charge in [0.1, 0.15) is 0 Å². The minimum absolute atomic E-state index is 0.239. The first-order chi connectivity index (χ1) is 9.43. The van der Waals surface area contributed by atoms with Crippen LogP contribution in [0.15, 0.2) is 28.8 Å². The van der Waals surface area contributed by atoms with Gasteiger partial charge in [0.25, 0.3) is 0 Å². The second-order valence-electron chi connectivity index (χ2n) is 5.57. The molecule has 0 aliphatic carbocycles. The first kappa shape index (κ1) is 18.8. The van der Waals surface area contributed by atoms with Crippen molar-refractivity contribution in [3.05, 3.63) is 23.8 Å². The van der Waals surface area contributed by atoms with Crippen LogP contribution in [0.2, 0.25) is 0 Å². The summed E-state index contributed by atoms with van der Waals surface area (Å²) in [6, 6.07) is 0.239. The number of aliphatic imine (C=N–C) groups is 1. The van der Waals surface area contributed by atoms with Crippen molar-refractivity contribution in [3.63, 3.8) is 0 Å². The van der Waals surface area contributed by atoms with Crippen LogP contribution in [0.4, 0.5) is 0 Å². The van der Waals surface area contributed by atoms with Crippen molar-refractivity contribution in [2.45, 2.75) is 65.3 Å². The Balaban J connectivity index is 4.07. The molecule has 0 amide bonds. The molecule has 0 aliphatic heterocycles. The molecule has 0 heterocycles. The minimum atomic E-state index is 0.239. The molecule has 0 rings (SSSR count). The molecule has 0 aromatic heterocycles. The van der Waals surface area contributed by atoms with Crippen molar-refractivity contribution in [2.24, 2.45) is 10.7 Å². The molecule has 0 saturated carbocycles. The predicted molar refractivity (Wildman–Crippen MR) is 91.0 cm³/mol. The lowest BCUT2D eigenvalue weighted by Crippen LogP contribution is -2.41. The maximum Gasteiger partial charge on any atom is 0.191 e. The molecular weight excluding hydrogens is 246 g/mol. The van der Waals surface area contributed by atoms with Crippen LogP contribution in [0.3, 0.4) is 0 Å². The minimum Gasteiger partial charge on any atom is -0.370 e. The first-order valence-electron chi connectivity index (χ1n) is 7.72. The van der Waals surface area contributed by atoms with Gasteiger partial charge in [-0.3, -0.25) is 4.99 Å². The maximum absolute atomic E-state index is 5.83. The van der Waals surface area contributed by atoms with E-state index in [4.69, 9.17) is 5.73 Å². The van der Waals surface area contributed by atoms with Crippen LogP contribution in [0.5, 0.6) is 0 Å². The number of allylic oxidation sites excluding steroid dienone is 2. The molecule has 0 spiro atoms. The van der Waals surface area contributed by atoms with Crippen molar-refractivity contribution >= 4 is 5.96 Å². The standard InChI is InChI=1S/C17H33N3/c1-7-8-9-11-14(2)12-10-13-15(3)16(4)20(6)17(18)19-5/h11,16H,3,7-10,12-13H2,1-2,4-6H3,(H2,18,19). The first-order valence-corrected chi connectivity index (χ1v) is 7.72. The van der Waals surface area contributed by atoms with Crippen molar-refractivity contribution in [1.29, 1.82) is 0 Å². The van der Waals surface area contributed by atoms with Crippen LogP contribution < -0.4 is 5.73 Å². The Morgan fingerprint density at radius 3 is 2.55 bits per heavy atom. The number of guanidine groups is 1. The molecule has 3 nitrogen and oxygen atoms in total. The number of rotatable bonds is 9. The average Bonchev–Trinajstić information content (AvgIpc) is 2.44. The van der Waals surface area contributed by atoms with Gasteiger partial charge >= 0.3 is 0 Å². The summed E-state index contributed by atoms with van der Waals surface area (Å²) in [7, 11) is 3.68. The molecule has 2 N–H and O–H groups in total. The number of hydrogen-bond donors (Lipinski definition) is 1. The molecule has 116 valence electrons. The molecule has 3 heteroatoms. The molecule has 0 aromatic rings. The Labute approximate surface area is 125 Å². The highest BCUT2D eigenvalue weighted by atomic mass is 15.2. The summed E-state index contributed by atoms with van der Waals surface area (Å²) in [6.45, 7) is 10.8. The molecule has 0 radical (unpaired) electrons. The van der Waals surface area contributed by atoms with E-state index in [1.165, 1.54) is 30.4 Å². The average molecular weight is 279 g/mol. The second-order valence-corrected chi connectivity index (χ2v) is 5.57. The van der Waals surface area contributed by atoms with E-state index >= 15 is 0 Å². The predicted octanol–water partition coefficient (Wildman–Crippen LogP) is 4.11. The van der Waals surface area contributed by atoms with Gasteiger partial charge in [0, 0.05) is 20.1 Å². The van der Waals surface area contributed by atoms with Gasteiger partial charge in [-0.2, -0.15) is 0 Å². The van der Waals surface area contributed by atoms with E-state index in [0.717, 1.165) is 19.3 Å². The fourth-order valence-corrected chi connectivity index (χ4v) is 2.09. The highest BCUT2D eigenvalue weighted by molar-refractivity contribution is 5.78. The number of likely N-dealkylation sites (N-methyl/N-ethyl adjacent to an activating group) is 1. The number of hydrogen-bond acceptors (Lipinski definition) is 1. The summed E-state index contributed by atoms with van der Waals surface area (Å²) in [5.41, 5.74) is 8.55. The van der Waals surface area contributed by atoms with Gasteiger partial charge in [-0.25, -0.2) is 0 Å². The van der Waals surface area contributed by atoms with E-state index in [9.17, 15) is 0 Å². The van der Waals surface area contributed by atoms with E-state index in [2.05, 4.69) is 38.4 Å². The lowest BCUT2D eigenvalue weighted by molar-refractivity contribution is 0.420. The Hall–Kier alpha value is -1.25. The van der Waals surface area contributed by atoms with Gasteiger partial charge in [0.15, 0.2) is 5.96 Å². The summed E-state index contributed by atoms with van der Waals surface area (Å²) in [4.78, 5) is 5.99. The summed E-state index contributed by atoms with van der Waals surface area (Å²) in [6.07, 6.45) is 9.52. The van der Waals surface area contributed by atoms with Gasteiger partial charge in [0.05, 0.1) is 0 Å². The zero-order valence-corrected chi connectivity index (χ0v) is 14.1. The fourth-order valence-electron chi connectivity index (χ4n) is 2.09. The van der Waals surface area contributed by atoms with Crippen molar-refractivity contribution in [1.82, 2.24) is 4.90 Å². The summed E-state index contributed by atoms with van der Waals surface area (Å²) in [5.74, 6) is 0.564. The molecule has 0 aromatic carbocycles. The van der Waals surface area contributed by atoms with Crippen molar-refractivity contribution in [3.8, 4) is 0 Å². The third kappa shape index (κ3) is 7.37.